The van der Waals surface area contributed by atoms with Gasteiger partial charge in [-0.1, -0.05) is 6.07 Å². The zero-order chi connectivity index (χ0) is 14.7. The summed E-state index contributed by atoms with van der Waals surface area (Å²) in [5.74, 6) is 0.717. The Morgan fingerprint density at radius 2 is 2.10 bits per heavy atom. The Bertz CT molecular complexity index is 472. The van der Waals surface area contributed by atoms with Crippen molar-refractivity contribution >= 4 is 5.69 Å². The summed E-state index contributed by atoms with van der Waals surface area (Å²) in [6, 6.07) is 6.26. The molecule has 0 radical (unpaired) electrons. The Morgan fingerprint density at radius 3 is 2.71 bits per heavy atom. The molecule has 1 aromatic carbocycles. The van der Waals surface area contributed by atoms with Crippen molar-refractivity contribution in [3.05, 3.63) is 29.6 Å². The largest absolute Gasteiger partial charge is 0.383 e. The number of anilines is 1. The Balaban J connectivity index is 1.62. The molecule has 0 bridgehead atoms. The van der Waals surface area contributed by atoms with E-state index >= 15 is 0 Å². The maximum atomic E-state index is 14.4. The lowest BCUT2D eigenvalue weighted by Gasteiger charge is -2.25. The van der Waals surface area contributed by atoms with Crippen LogP contribution in [-0.4, -0.2) is 32.8 Å². The van der Waals surface area contributed by atoms with E-state index in [1.54, 1.807) is 13.2 Å². The van der Waals surface area contributed by atoms with Crippen molar-refractivity contribution in [1.29, 1.82) is 0 Å². The number of ether oxygens (including phenoxy) is 1. The van der Waals surface area contributed by atoms with Crippen molar-refractivity contribution in [3.8, 4) is 0 Å². The summed E-state index contributed by atoms with van der Waals surface area (Å²) in [4.78, 5) is 2.30. The number of hydrogen-bond acceptors (Lipinski definition) is 3. The number of methoxy groups -OCH3 is 1. The molecule has 0 amide bonds. The van der Waals surface area contributed by atoms with Crippen molar-refractivity contribution < 1.29 is 9.13 Å². The van der Waals surface area contributed by atoms with E-state index < -0.39 is 0 Å². The highest BCUT2D eigenvalue weighted by Gasteiger charge is 2.34. The summed E-state index contributed by atoms with van der Waals surface area (Å²) in [6.45, 7) is 3.19. The summed E-state index contributed by atoms with van der Waals surface area (Å²) < 4.78 is 19.4. The van der Waals surface area contributed by atoms with Crippen LogP contribution in [0.15, 0.2) is 18.2 Å². The van der Waals surface area contributed by atoms with Crippen LogP contribution in [0.2, 0.25) is 0 Å². The summed E-state index contributed by atoms with van der Waals surface area (Å²) >= 11 is 0. The molecule has 0 unspecified atom stereocenters. The molecule has 0 saturated heterocycles. The van der Waals surface area contributed by atoms with Gasteiger partial charge in [-0.15, -0.1) is 0 Å². The van der Waals surface area contributed by atoms with E-state index in [2.05, 4.69) is 10.2 Å². The normalized spacial score (nSPS) is 18.0. The van der Waals surface area contributed by atoms with Gasteiger partial charge in [0.15, 0.2) is 0 Å². The summed E-state index contributed by atoms with van der Waals surface area (Å²) in [6.07, 6.45) is 5.05. The lowest BCUT2D eigenvalue weighted by atomic mass is 10.1. The van der Waals surface area contributed by atoms with Gasteiger partial charge in [-0.25, -0.2) is 4.39 Å². The van der Waals surface area contributed by atoms with Gasteiger partial charge in [0.2, 0.25) is 0 Å². The first kappa shape index (κ1) is 14.8. The van der Waals surface area contributed by atoms with E-state index in [1.165, 1.54) is 25.7 Å². The molecule has 4 heteroatoms. The molecule has 1 aromatic rings. The van der Waals surface area contributed by atoms with Gasteiger partial charge in [-0.05, 0) is 49.3 Å². The Kier molecular flexibility index (Phi) is 4.76. The molecule has 2 fully saturated rings. The molecule has 2 saturated carbocycles. The second-order valence-corrected chi connectivity index (χ2v) is 6.28. The van der Waals surface area contributed by atoms with Crippen LogP contribution in [0, 0.1) is 11.7 Å². The molecule has 0 spiro atoms. The third kappa shape index (κ3) is 4.17. The molecule has 0 atom stereocenters. The lowest BCUT2D eigenvalue weighted by Crippen LogP contribution is -2.29. The van der Waals surface area contributed by atoms with Gasteiger partial charge in [0.25, 0.3) is 0 Å². The van der Waals surface area contributed by atoms with Crippen LogP contribution in [0.5, 0.6) is 0 Å². The number of nitrogens with zero attached hydrogens (tertiary/aromatic N) is 1. The van der Waals surface area contributed by atoms with Gasteiger partial charge >= 0.3 is 0 Å². The summed E-state index contributed by atoms with van der Waals surface area (Å²) in [7, 11) is 1.68. The molecule has 3 rings (SSSR count). The van der Waals surface area contributed by atoms with Gasteiger partial charge in [0.1, 0.15) is 5.82 Å². The van der Waals surface area contributed by atoms with Crippen LogP contribution in [0.25, 0.3) is 0 Å². The first-order chi connectivity index (χ1) is 10.3. The van der Waals surface area contributed by atoms with E-state index in [1.807, 2.05) is 12.1 Å². The van der Waals surface area contributed by atoms with Crippen LogP contribution in [0.1, 0.15) is 31.2 Å². The van der Waals surface area contributed by atoms with Crippen LogP contribution in [0.3, 0.4) is 0 Å². The molecule has 0 aliphatic heterocycles. The molecular formula is C17H25FN2O. The van der Waals surface area contributed by atoms with Crippen molar-refractivity contribution in [2.45, 2.75) is 38.3 Å². The molecule has 2 aliphatic carbocycles. The monoisotopic (exact) mass is 292 g/mol. The standard InChI is InChI=1S/C17H25FN2O/c1-21-9-8-19-11-14-4-7-17(16(18)10-14)20(15-5-6-15)12-13-2-3-13/h4,7,10,13,15,19H,2-3,5-6,8-9,11-12H2,1H3. The Labute approximate surface area is 126 Å². The number of halogens is 1. The SMILES string of the molecule is COCCNCc1ccc(N(CC2CC2)C2CC2)c(F)c1. The van der Waals surface area contributed by atoms with Crippen LogP contribution < -0.4 is 10.2 Å². The fourth-order valence-electron chi connectivity index (χ4n) is 2.71. The second-order valence-electron chi connectivity index (χ2n) is 6.28. The van der Waals surface area contributed by atoms with E-state index in [0.717, 1.165) is 30.3 Å². The number of nitrogens with one attached hydrogen (secondary N) is 1. The highest BCUT2D eigenvalue weighted by Crippen LogP contribution is 2.38. The fourth-order valence-corrected chi connectivity index (χ4v) is 2.71. The first-order valence-electron chi connectivity index (χ1n) is 8.02. The summed E-state index contributed by atoms with van der Waals surface area (Å²) in [5, 5.41) is 3.25. The van der Waals surface area contributed by atoms with Crippen molar-refractivity contribution in [2.24, 2.45) is 5.92 Å². The van der Waals surface area contributed by atoms with Crippen LogP contribution >= 0.6 is 0 Å². The van der Waals surface area contributed by atoms with Crippen LogP contribution in [-0.2, 0) is 11.3 Å². The molecule has 1 N–H and O–H groups in total. The molecule has 2 aliphatic rings. The zero-order valence-corrected chi connectivity index (χ0v) is 12.8. The van der Waals surface area contributed by atoms with E-state index in [-0.39, 0.29) is 5.82 Å². The average Bonchev–Trinajstić information content (AvgIpc) is 3.36. The second kappa shape index (κ2) is 6.75. The summed E-state index contributed by atoms with van der Waals surface area (Å²) in [5.41, 5.74) is 1.79. The predicted octanol–water partition coefficient (Wildman–Crippen LogP) is 2.94. The molecule has 21 heavy (non-hydrogen) atoms. The average molecular weight is 292 g/mol. The smallest absolute Gasteiger partial charge is 0.146 e. The minimum absolute atomic E-state index is 0.0754. The predicted molar refractivity (Wildman–Crippen MR) is 83.1 cm³/mol. The van der Waals surface area contributed by atoms with E-state index in [0.29, 0.717) is 19.2 Å². The van der Waals surface area contributed by atoms with Gasteiger partial charge in [-0.2, -0.15) is 0 Å². The highest BCUT2D eigenvalue weighted by molar-refractivity contribution is 5.51. The minimum atomic E-state index is -0.0754. The minimum Gasteiger partial charge on any atom is -0.383 e. The Morgan fingerprint density at radius 1 is 1.29 bits per heavy atom. The fraction of sp³-hybridized carbons (Fsp3) is 0.647. The molecule has 3 nitrogen and oxygen atoms in total. The van der Waals surface area contributed by atoms with Crippen molar-refractivity contribution in [1.82, 2.24) is 5.32 Å². The third-order valence-corrected chi connectivity index (χ3v) is 4.27. The Hall–Kier alpha value is -1.13. The maximum Gasteiger partial charge on any atom is 0.146 e. The van der Waals surface area contributed by atoms with Crippen molar-refractivity contribution in [3.63, 3.8) is 0 Å². The van der Waals surface area contributed by atoms with Crippen LogP contribution in [0.4, 0.5) is 10.1 Å². The van der Waals surface area contributed by atoms with Gasteiger partial charge in [0.05, 0.1) is 12.3 Å². The first-order valence-corrected chi connectivity index (χ1v) is 8.02. The van der Waals surface area contributed by atoms with Gasteiger partial charge < -0.3 is 15.0 Å². The van der Waals surface area contributed by atoms with E-state index in [9.17, 15) is 4.39 Å². The number of hydrogen-bond donors (Lipinski definition) is 1. The number of rotatable bonds is 9. The molecule has 116 valence electrons. The van der Waals surface area contributed by atoms with Crippen molar-refractivity contribution in [2.75, 3.05) is 31.7 Å². The topological polar surface area (TPSA) is 24.5 Å². The van der Waals surface area contributed by atoms with Gasteiger partial charge in [0, 0.05) is 32.8 Å². The maximum absolute atomic E-state index is 14.4. The lowest BCUT2D eigenvalue weighted by molar-refractivity contribution is 0.199. The number of benzene rings is 1. The highest BCUT2D eigenvalue weighted by atomic mass is 19.1. The zero-order valence-electron chi connectivity index (χ0n) is 12.8. The quantitative estimate of drug-likeness (QED) is 0.708. The molecule has 0 heterocycles. The molecular weight excluding hydrogens is 267 g/mol. The third-order valence-electron chi connectivity index (χ3n) is 4.27. The molecule has 0 aromatic heterocycles. The van der Waals surface area contributed by atoms with Gasteiger partial charge in [-0.3, -0.25) is 0 Å². The van der Waals surface area contributed by atoms with E-state index in [4.69, 9.17) is 4.74 Å².